The molecule has 0 aliphatic rings. The molecule has 1 aromatic rings. The summed E-state index contributed by atoms with van der Waals surface area (Å²) in [6.45, 7) is 3.62. The second kappa shape index (κ2) is 5.25. The fourth-order valence-electron chi connectivity index (χ4n) is 1.21. The predicted molar refractivity (Wildman–Crippen MR) is 62.7 cm³/mol. The summed E-state index contributed by atoms with van der Waals surface area (Å²) in [6, 6.07) is 5.27. The highest BCUT2D eigenvalue weighted by molar-refractivity contribution is 5.70. The molecular weight excluding hydrogens is 208 g/mol. The first-order valence-corrected chi connectivity index (χ1v) is 4.99. The summed E-state index contributed by atoms with van der Waals surface area (Å²) in [6.07, 6.45) is 0. The van der Waals surface area contributed by atoms with Gasteiger partial charge in [-0.25, -0.2) is 4.79 Å². The molecule has 0 radical (unpaired) electrons. The van der Waals surface area contributed by atoms with Crippen LogP contribution in [0, 0.1) is 0 Å². The van der Waals surface area contributed by atoms with Crippen molar-refractivity contribution in [3.05, 3.63) is 18.2 Å². The van der Waals surface area contributed by atoms with E-state index in [1.165, 1.54) is 0 Å². The number of ether oxygens (including phenoxy) is 1. The minimum atomic E-state index is -1.00. The van der Waals surface area contributed by atoms with E-state index in [1.807, 2.05) is 13.8 Å². The van der Waals surface area contributed by atoms with E-state index in [9.17, 15) is 4.79 Å². The van der Waals surface area contributed by atoms with Crippen LogP contribution in [0.5, 0.6) is 5.75 Å². The molecule has 16 heavy (non-hydrogen) atoms. The Balaban J connectivity index is 2.76. The quantitative estimate of drug-likeness (QED) is 0.661. The van der Waals surface area contributed by atoms with E-state index in [1.54, 1.807) is 18.2 Å². The Labute approximate surface area is 94.2 Å². The molecular formula is C11H16N2O3. The number of hydrogen-bond acceptors (Lipinski definition) is 4. The maximum atomic E-state index is 10.3. The molecule has 0 saturated heterocycles. The molecule has 0 fully saturated rings. The average molecular weight is 224 g/mol. The first kappa shape index (κ1) is 12.2. The largest absolute Gasteiger partial charge is 0.482 e. The lowest BCUT2D eigenvalue weighted by molar-refractivity contribution is -0.139. The monoisotopic (exact) mass is 224 g/mol. The molecule has 5 heteroatoms. The molecule has 4 N–H and O–H groups in total. The molecule has 0 aliphatic carbocycles. The Bertz CT molecular complexity index is 377. The Morgan fingerprint density at radius 2 is 2.25 bits per heavy atom. The fraction of sp³-hybridized carbons (Fsp3) is 0.364. The Kier molecular flexibility index (Phi) is 3.99. The number of nitrogens with one attached hydrogen (secondary N) is 1. The number of aliphatic carboxylic acids is 1. The van der Waals surface area contributed by atoms with Crippen molar-refractivity contribution in [3.8, 4) is 5.75 Å². The lowest BCUT2D eigenvalue weighted by Gasteiger charge is -2.13. The van der Waals surface area contributed by atoms with Gasteiger partial charge >= 0.3 is 5.97 Å². The summed E-state index contributed by atoms with van der Waals surface area (Å²) >= 11 is 0. The van der Waals surface area contributed by atoms with Crippen molar-refractivity contribution >= 4 is 17.3 Å². The smallest absolute Gasteiger partial charge is 0.341 e. The van der Waals surface area contributed by atoms with Crippen LogP contribution in [0.2, 0.25) is 0 Å². The molecule has 0 saturated carbocycles. The molecule has 0 unspecified atom stereocenters. The second-order valence-electron chi connectivity index (χ2n) is 3.73. The van der Waals surface area contributed by atoms with Crippen molar-refractivity contribution in [3.63, 3.8) is 0 Å². The van der Waals surface area contributed by atoms with Crippen molar-refractivity contribution in [1.29, 1.82) is 0 Å². The third-order valence-corrected chi connectivity index (χ3v) is 1.83. The third kappa shape index (κ3) is 3.68. The first-order chi connectivity index (χ1) is 7.49. The number of benzene rings is 1. The fourth-order valence-corrected chi connectivity index (χ4v) is 1.21. The van der Waals surface area contributed by atoms with Crippen LogP contribution in [0.15, 0.2) is 18.2 Å². The van der Waals surface area contributed by atoms with Crippen molar-refractivity contribution in [2.24, 2.45) is 0 Å². The zero-order valence-corrected chi connectivity index (χ0v) is 9.36. The van der Waals surface area contributed by atoms with Gasteiger partial charge in [0.15, 0.2) is 6.61 Å². The molecule has 0 aromatic heterocycles. The van der Waals surface area contributed by atoms with Gasteiger partial charge in [-0.1, -0.05) is 0 Å². The topological polar surface area (TPSA) is 84.6 Å². The summed E-state index contributed by atoms with van der Waals surface area (Å²) in [5, 5.41) is 11.6. The molecule has 88 valence electrons. The van der Waals surface area contributed by atoms with Crippen LogP contribution in [0.3, 0.4) is 0 Å². The van der Waals surface area contributed by atoms with E-state index in [0.717, 1.165) is 5.69 Å². The highest BCUT2D eigenvalue weighted by Gasteiger charge is 2.04. The normalized spacial score (nSPS) is 10.2. The summed E-state index contributed by atoms with van der Waals surface area (Å²) in [7, 11) is 0. The third-order valence-electron chi connectivity index (χ3n) is 1.83. The van der Waals surface area contributed by atoms with Crippen molar-refractivity contribution in [2.75, 3.05) is 17.7 Å². The van der Waals surface area contributed by atoms with Gasteiger partial charge in [-0.05, 0) is 26.0 Å². The summed E-state index contributed by atoms with van der Waals surface area (Å²) in [4.78, 5) is 10.3. The van der Waals surface area contributed by atoms with E-state index in [-0.39, 0.29) is 12.6 Å². The Hall–Kier alpha value is -1.91. The standard InChI is InChI=1S/C11H16N2O3/c1-7(2)13-10-5-8(3-4-9(10)12)16-6-11(14)15/h3-5,7,13H,6,12H2,1-2H3,(H,14,15). The number of anilines is 2. The zero-order valence-electron chi connectivity index (χ0n) is 9.36. The van der Waals surface area contributed by atoms with Gasteiger partial charge in [0.1, 0.15) is 5.75 Å². The molecule has 0 heterocycles. The maximum Gasteiger partial charge on any atom is 0.341 e. The minimum absolute atomic E-state index is 0.247. The van der Waals surface area contributed by atoms with Gasteiger partial charge in [0.25, 0.3) is 0 Å². The molecule has 0 atom stereocenters. The number of hydrogen-bond donors (Lipinski definition) is 3. The van der Waals surface area contributed by atoms with Gasteiger partial charge in [0, 0.05) is 12.1 Å². The van der Waals surface area contributed by atoms with Crippen molar-refractivity contribution in [2.45, 2.75) is 19.9 Å². The van der Waals surface area contributed by atoms with Gasteiger partial charge < -0.3 is 20.9 Å². The van der Waals surface area contributed by atoms with Gasteiger partial charge in [0.2, 0.25) is 0 Å². The van der Waals surface area contributed by atoms with E-state index in [4.69, 9.17) is 15.6 Å². The van der Waals surface area contributed by atoms with E-state index in [2.05, 4.69) is 5.32 Å². The van der Waals surface area contributed by atoms with Crippen LogP contribution in [-0.4, -0.2) is 23.7 Å². The number of carbonyl (C=O) groups is 1. The number of rotatable bonds is 5. The van der Waals surface area contributed by atoms with Crippen molar-refractivity contribution in [1.82, 2.24) is 0 Å². The molecule has 0 aliphatic heterocycles. The molecule has 1 rings (SSSR count). The van der Waals surface area contributed by atoms with E-state index in [0.29, 0.717) is 11.4 Å². The predicted octanol–water partition coefficient (Wildman–Crippen LogP) is 1.55. The Morgan fingerprint density at radius 1 is 1.56 bits per heavy atom. The number of carboxylic acids is 1. The Morgan fingerprint density at radius 3 is 2.81 bits per heavy atom. The lowest BCUT2D eigenvalue weighted by atomic mass is 10.2. The van der Waals surface area contributed by atoms with Crippen LogP contribution in [0.4, 0.5) is 11.4 Å². The molecule has 0 spiro atoms. The molecule has 1 aromatic carbocycles. The SMILES string of the molecule is CC(C)Nc1cc(OCC(=O)O)ccc1N. The van der Waals surface area contributed by atoms with Crippen LogP contribution in [0.25, 0.3) is 0 Å². The van der Waals surface area contributed by atoms with Gasteiger partial charge in [-0.15, -0.1) is 0 Å². The average Bonchev–Trinajstić information content (AvgIpc) is 2.18. The minimum Gasteiger partial charge on any atom is -0.482 e. The van der Waals surface area contributed by atoms with Crippen LogP contribution in [0.1, 0.15) is 13.8 Å². The second-order valence-corrected chi connectivity index (χ2v) is 3.73. The van der Waals surface area contributed by atoms with Gasteiger partial charge in [-0.2, -0.15) is 0 Å². The van der Waals surface area contributed by atoms with Gasteiger partial charge in [-0.3, -0.25) is 0 Å². The maximum absolute atomic E-state index is 10.3. The van der Waals surface area contributed by atoms with Crippen LogP contribution >= 0.6 is 0 Å². The number of carboxylic acid groups (broad SMARTS) is 1. The molecule has 0 amide bonds. The zero-order chi connectivity index (χ0) is 12.1. The van der Waals surface area contributed by atoms with E-state index >= 15 is 0 Å². The van der Waals surface area contributed by atoms with Crippen LogP contribution < -0.4 is 15.8 Å². The molecule has 5 nitrogen and oxygen atoms in total. The summed E-state index contributed by atoms with van der Waals surface area (Å²) in [5.41, 5.74) is 7.12. The molecule has 0 bridgehead atoms. The van der Waals surface area contributed by atoms with Crippen LogP contribution in [-0.2, 0) is 4.79 Å². The summed E-state index contributed by atoms with van der Waals surface area (Å²) < 4.78 is 5.05. The lowest BCUT2D eigenvalue weighted by Crippen LogP contribution is -2.12. The van der Waals surface area contributed by atoms with Gasteiger partial charge in [0.05, 0.1) is 11.4 Å². The van der Waals surface area contributed by atoms with E-state index < -0.39 is 5.97 Å². The number of nitrogens with two attached hydrogens (primary N) is 1. The first-order valence-electron chi connectivity index (χ1n) is 4.99. The number of nitrogen functional groups attached to an aromatic ring is 1. The van der Waals surface area contributed by atoms with Crippen molar-refractivity contribution < 1.29 is 14.6 Å². The highest BCUT2D eigenvalue weighted by Crippen LogP contribution is 2.25. The highest BCUT2D eigenvalue weighted by atomic mass is 16.5. The summed E-state index contributed by atoms with van der Waals surface area (Å²) in [5.74, 6) is -0.519.